The topological polar surface area (TPSA) is 98.6 Å². The lowest BCUT2D eigenvalue weighted by Crippen LogP contribution is -2.38. The van der Waals surface area contributed by atoms with Crippen LogP contribution in [0.2, 0.25) is 0 Å². The standard InChI is InChI=1S/C20H21N3O3/c1-25-19-13(6-12(10-21)11-22)9-20-5-3-2-4-17(20)26-16-8-14(24)7-15(23-19)18(16)20/h6,9,14-15,17,24H,2-5,7-8H2,1H3/t14-,15?,17?,20?/m1/s1. The molecular weight excluding hydrogens is 330 g/mol. The highest BCUT2D eigenvalue weighted by molar-refractivity contribution is 5.97. The zero-order valence-electron chi connectivity index (χ0n) is 14.7. The lowest BCUT2D eigenvalue weighted by atomic mass is 9.64. The Morgan fingerprint density at radius 2 is 2.23 bits per heavy atom. The largest absolute Gasteiger partial charge is 0.493 e. The zero-order valence-corrected chi connectivity index (χ0v) is 14.7. The van der Waals surface area contributed by atoms with Crippen molar-refractivity contribution in [3.63, 3.8) is 0 Å². The van der Waals surface area contributed by atoms with Gasteiger partial charge < -0.3 is 14.6 Å². The smallest absolute Gasteiger partial charge is 0.216 e. The predicted octanol–water partition coefficient (Wildman–Crippen LogP) is 2.68. The van der Waals surface area contributed by atoms with Gasteiger partial charge >= 0.3 is 0 Å². The van der Waals surface area contributed by atoms with Crippen molar-refractivity contribution in [2.45, 2.75) is 56.8 Å². The zero-order chi connectivity index (χ0) is 18.3. The normalized spacial score (nSPS) is 34.7. The Labute approximate surface area is 152 Å². The van der Waals surface area contributed by atoms with Gasteiger partial charge in [0.05, 0.1) is 24.7 Å². The number of aliphatic imine (C=N–C) groups is 1. The lowest BCUT2D eigenvalue weighted by Gasteiger charge is -2.39. The van der Waals surface area contributed by atoms with E-state index in [2.05, 4.69) is 6.08 Å². The summed E-state index contributed by atoms with van der Waals surface area (Å²) in [5.41, 5.74) is 1.55. The molecule has 2 aliphatic carbocycles. The van der Waals surface area contributed by atoms with Crippen LogP contribution in [0.5, 0.6) is 0 Å². The van der Waals surface area contributed by atoms with Gasteiger partial charge in [-0.2, -0.15) is 10.5 Å². The number of ether oxygens (including phenoxy) is 2. The van der Waals surface area contributed by atoms with Crippen LogP contribution in [-0.2, 0) is 9.47 Å². The van der Waals surface area contributed by atoms with Crippen molar-refractivity contribution in [1.29, 1.82) is 10.5 Å². The summed E-state index contributed by atoms with van der Waals surface area (Å²) >= 11 is 0. The highest BCUT2D eigenvalue weighted by atomic mass is 16.5. The van der Waals surface area contributed by atoms with Crippen LogP contribution in [-0.4, -0.2) is 36.4 Å². The number of aliphatic hydroxyl groups is 1. The molecule has 26 heavy (non-hydrogen) atoms. The van der Waals surface area contributed by atoms with Crippen molar-refractivity contribution < 1.29 is 14.6 Å². The minimum atomic E-state index is -0.483. The van der Waals surface area contributed by atoms with Crippen molar-refractivity contribution in [1.82, 2.24) is 0 Å². The molecule has 4 rings (SSSR count). The van der Waals surface area contributed by atoms with Gasteiger partial charge in [-0.25, -0.2) is 4.99 Å². The monoisotopic (exact) mass is 351 g/mol. The quantitative estimate of drug-likeness (QED) is 0.732. The average molecular weight is 351 g/mol. The number of methoxy groups -OCH3 is 1. The molecule has 0 aromatic heterocycles. The van der Waals surface area contributed by atoms with Crippen molar-refractivity contribution in [3.05, 3.63) is 34.6 Å². The van der Waals surface area contributed by atoms with E-state index in [9.17, 15) is 15.6 Å². The second kappa shape index (κ2) is 6.30. The van der Waals surface area contributed by atoms with Crippen molar-refractivity contribution in [3.8, 4) is 12.1 Å². The molecule has 0 amide bonds. The van der Waals surface area contributed by atoms with Gasteiger partial charge in [-0.3, -0.25) is 0 Å². The summed E-state index contributed by atoms with van der Waals surface area (Å²) in [4.78, 5) is 4.76. The number of rotatable bonds is 1. The molecule has 2 heterocycles. The first-order valence-electron chi connectivity index (χ1n) is 9.06. The number of allylic oxidation sites excluding steroid dienone is 1. The average Bonchev–Trinajstić information content (AvgIpc) is 2.89. The molecule has 6 nitrogen and oxygen atoms in total. The summed E-state index contributed by atoms with van der Waals surface area (Å²) in [7, 11) is 1.54. The fourth-order valence-electron chi connectivity index (χ4n) is 4.89. The van der Waals surface area contributed by atoms with Gasteiger partial charge in [-0.05, 0) is 25.3 Å². The summed E-state index contributed by atoms with van der Waals surface area (Å²) in [5, 5.41) is 28.6. The maximum atomic E-state index is 10.3. The van der Waals surface area contributed by atoms with Crippen LogP contribution < -0.4 is 0 Å². The van der Waals surface area contributed by atoms with Crippen molar-refractivity contribution >= 4 is 5.90 Å². The molecular formula is C20H21N3O3. The molecule has 6 heteroatoms. The van der Waals surface area contributed by atoms with E-state index in [-0.39, 0.29) is 23.1 Å². The first-order valence-corrected chi connectivity index (χ1v) is 9.06. The third-order valence-corrected chi connectivity index (χ3v) is 5.88. The van der Waals surface area contributed by atoms with Gasteiger partial charge in [0, 0.05) is 24.0 Å². The van der Waals surface area contributed by atoms with Gasteiger partial charge in [0.15, 0.2) is 0 Å². The Morgan fingerprint density at radius 3 is 2.96 bits per heavy atom. The third kappa shape index (κ3) is 2.45. The van der Waals surface area contributed by atoms with Gasteiger partial charge in [0.25, 0.3) is 0 Å². The van der Waals surface area contributed by atoms with Gasteiger partial charge in [0.1, 0.15) is 29.6 Å². The molecule has 1 spiro atoms. The Morgan fingerprint density at radius 1 is 1.42 bits per heavy atom. The lowest BCUT2D eigenvalue weighted by molar-refractivity contribution is 0.0392. The Balaban J connectivity index is 1.93. The third-order valence-electron chi connectivity index (χ3n) is 5.88. The number of nitriles is 2. The molecule has 4 aliphatic rings. The molecule has 1 fully saturated rings. The van der Waals surface area contributed by atoms with Crippen LogP contribution in [0.25, 0.3) is 0 Å². The molecule has 0 aromatic carbocycles. The minimum Gasteiger partial charge on any atom is -0.493 e. The fraction of sp³-hybridized carbons (Fsp3) is 0.550. The number of hydrogen-bond donors (Lipinski definition) is 1. The number of aliphatic hydroxyl groups excluding tert-OH is 1. The van der Waals surface area contributed by atoms with E-state index in [0.717, 1.165) is 31.4 Å². The van der Waals surface area contributed by atoms with Crippen LogP contribution in [0.3, 0.4) is 0 Å². The van der Waals surface area contributed by atoms with E-state index >= 15 is 0 Å². The molecule has 1 N–H and O–H groups in total. The van der Waals surface area contributed by atoms with E-state index in [4.69, 9.17) is 14.5 Å². The molecule has 3 unspecified atom stereocenters. The second-order valence-corrected chi connectivity index (χ2v) is 7.36. The summed E-state index contributed by atoms with van der Waals surface area (Å²) < 4.78 is 11.8. The van der Waals surface area contributed by atoms with Crippen LogP contribution in [0.15, 0.2) is 39.6 Å². The fourth-order valence-corrected chi connectivity index (χ4v) is 4.89. The highest BCUT2D eigenvalue weighted by Crippen LogP contribution is 2.57. The maximum Gasteiger partial charge on any atom is 0.216 e. The summed E-state index contributed by atoms with van der Waals surface area (Å²) in [6.45, 7) is 0. The van der Waals surface area contributed by atoms with Crippen LogP contribution in [0.1, 0.15) is 38.5 Å². The highest BCUT2D eigenvalue weighted by Gasteiger charge is 2.55. The molecule has 0 aromatic rings. The summed E-state index contributed by atoms with van der Waals surface area (Å²) in [6, 6.07) is 3.63. The Kier molecular flexibility index (Phi) is 4.09. The van der Waals surface area contributed by atoms with Gasteiger partial charge in [-0.15, -0.1) is 0 Å². The molecule has 0 bridgehead atoms. The summed E-state index contributed by atoms with van der Waals surface area (Å²) in [5.74, 6) is 1.29. The maximum absolute atomic E-state index is 10.3. The number of nitrogens with zero attached hydrogens (tertiary/aromatic N) is 3. The molecule has 0 radical (unpaired) electrons. The van der Waals surface area contributed by atoms with Crippen LogP contribution in [0, 0.1) is 28.1 Å². The molecule has 134 valence electrons. The van der Waals surface area contributed by atoms with E-state index in [1.165, 1.54) is 5.57 Å². The SMILES string of the molecule is COC1=NC2C[C@@H](O)CC3=C2C2(C=C1C=C(C#N)C#N)CCCCC2O3. The van der Waals surface area contributed by atoms with Gasteiger partial charge in [-0.1, -0.05) is 12.5 Å². The van der Waals surface area contributed by atoms with Crippen molar-refractivity contribution in [2.75, 3.05) is 7.11 Å². The number of hydrogen-bond acceptors (Lipinski definition) is 6. The van der Waals surface area contributed by atoms with E-state index in [0.29, 0.717) is 24.3 Å². The minimum absolute atomic E-state index is 0.0165. The van der Waals surface area contributed by atoms with Crippen LogP contribution in [0.4, 0.5) is 0 Å². The first-order chi connectivity index (χ1) is 12.6. The molecule has 4 atom stereocenters. The second-order valence-electron chi connectivity index (χ2n) is 7.36. The predicted molar refractivity (Wildman–Crippen MR) is 93.7 cm³/mol. The molecule has 0 saturated heterocycles. The Hall–Kier alpha value is -2.57. The summed E-state index contributed by atoms with van der Waals surface area (Å²) in [6.07, 6.45) is 8.36. The van der Waals surface area contributed by atoms with Gasteiger partial charge in [0.2, 0.25) is 5.90 Å². The molecule has 2 aliphatic heterocycles. The van der Waals surface area contributed by atoms with Crippen LogP contribution >= 0.6 is 0 Å². The van der Waals surface area contributed by atoms with E-state index < -0.39 is 6.10 Å². The molecule has 1 saturated carbocycles. The van der Waals surface area contributed by atoms with E-state index in [1.54, 1.807) is 13.2 Å². The van der Waals surface area contributed by atoms with Crippen molar-refractivity contribution in [2.24, 2.45) is 10.4 Å². The first kappa shape index (κ1) is 16.9. The Bertz CT molecular complexity index is 823. The van der Waals surface area contributed by atoms with E-state index in [1.807, 2.05) is 12.1 Å².